The van der Waals surface area contributed by atoms with Crippen molar-refractivity contribution in [3.05, 3.63) is 70.7 Å². The smallest absolute Gasteiger partial charge is 0.253 e. The molecule has 4 rings (SSSR count). The average molecular weight is 434 g/mol. The highest BCUT2D eigenvalue weighted by molar-refractivity contribution is 6.33. The Balaban J connectivity index is 0.00000240. The molecular formula is C22H25Cl2N3O2. The van der Waals surface area contributed by atoms with E-state index >= 15 is 0 Å². The summed E-state index contributed by atoms with van der Waals surface area (Å²) in [6.45, 7) is 3.58. The molecule has 5 nitrogen and oxygen atoms in total. The average Bonchev–Trinajstić information content (AvgIpc) is 3.30. The van der Waals surface area contributed by atoms with Gasteiger partial charge in [-0.3, -0.25) is 9.59 Å². The first-order valence-corrected chi connectivity index (χ1v) is 10.1. The maximum Gasteiger partial charge on any atom is 0.253 e. The molecule has 29 heavy (non-hydrogen) atoms. The van der Waals surface area contributed by atoms with Crippen LogP contribution < -0.4 is 10.6 Å². The second-order valence-electron chi connectivity index (χ2n) is 7.60. The summed E-state index contributed by atoms with van der Waals surface area (Å²) in [7, 11) is 0. The Morgan fingerprint density at radius 2 is 1.66 bits per heavy atom. The minimum atomic E-state index is -0.393. The van der Waals surface area contributed by atoms with Crippen LogP contribution in [0.25, 0.3) is 0 Å². The Hall–Kier alpha value is -2.08. The van der Waals surface area contributed by atoms with Crippen LogP contribution in [0.4, 0.5) is 0 Å². The molecular weight excluding hydrogens is 409 g/mol. The van der Waals surface area contributed by atoms with E-state index in [0.717, 1.165) is 31.7 Å². The molecule has 2 aromatic carbocycles. The maximum atomic E-state index is 13.0. The molecule has 0 aromatic heterocycles. The Kier molecular flexibility index (Phi) is 7.17. The summed E-state index contributed by atoms with van der Waals surface area (Å²) in [5.41, 5.74) is 1.33. The number of rotatable bonds is 5. The fraction of sp³-hybridized carbons (Fsp3) is 0.364. The molecule has 3 atom stereocenters. The number of fused-ring (bicyclic) bond motifs is 1. The van der Waals surface area contributed by atoms with Gasteiger partial charge in [0.2, 0.25) is 5.91 Å². The van der Waals surface area contributed by atoms with Gasteiger partial charge in [-0.05, 0) is 29.5 Å². The van der Waals surface area contributed by atoms with Gasteiger partial charge in [-0.25, -0.2) is 0 Å². The van der Waals surface area contributed by atoms with Gasteiger partial charge in [-0.2, -0.15) is 0 Å². The van der Waals surface area contributed by atoms with Gasteiger partial charge in [0.05, 0.1) is 23.0 Å². The normalized spacial score (nSPS) is 21.2. The third-order valence-electron chi connectivity index (χ3n) is 5.75. The van der Waals surface area contributed by atoms with Crippen molar-refractivity contribution in [1.29, 1.82) is 0 Å². The monoisotopic (exact) mass is 433 g/mol. The first-order valence-electron chi connectivity index (χ1n) is 9.70. The Morgan fingerprint density at radius 1 is 1.03 bits per heavy atom. The molecule has 2 N–H and O–H groups in total. The van der Waals surface area contributed by atoms with Crippen LogP contribution in [0.3, 0.4) is 0 Å². The summed E-state index contributed by atoms with van der Waals surface area (Å²) in [6, 6.07) is 16.2. The van der Waals surface area contributed by atoms with E-state index in [1.165, 1.54) is 0 Å². The van der Waals surface area contributed by atoms with Gasteiger partial charge in [-0.15, -0.1) is 12.4 Å². The Bertz CT molecular complexity index is 850. The van der Waals surface area contributed by atoms with Crippen LogP contribution in [-0.4, -0.2) is 42.9 Å². The number of amides is 2. The van der Waals surface area contributed by atoms with Crippen LogP contribution in [0.5, 0.6) is 0 Å². The zero-order valence-corrected chi connectivity index (χ0v) is 17.6. The molecule has 0 spiro atoms. The van der Waals surface area contributed by atoms with Crippen molar-refractivity contribution in [3.63, 3.8) is 0 Å². The highest BCUT2D eigenvalue weighted by atomic mass is 35.5. The molecule has 2 saturated heterocycles. The Labute approximate surface area is 182 Å². The second kappa shape index (κ2) is 9.61. The quantitative estimate of drug-likeness (QED) is 0.759. The number of benzene rings is 2. The van der Waals surface area contributed by atoms with Gasteiger partial charge in [0.1, 0.15) is 0 Å². The number of nitrogens with zero attached hydrogens (tertiary/aromatic N) is 1. The molecule has 2 aliphatic heterocycles. The molecule has 2 amide bonds. The lowest BCUT2D eigenvalue weighted by atomic mass is 10.0. The molecule has 1 unspecified atom stereocenters. The van der Waals surface area contributed by atoms with Gasteiger partial charge >= 0.3 is 0 Å². The van der Waals surface area contributed by atoms with E-state index in [0.29, 0.717) is 22.4 Å². The van der Waals surface area contributed by atoms with Crippen molar-refractivity contribution in [1.82, 2.24) is 15.5 Å². The zero-order chi connectivity index (χ0) is 19.5. The van der Waals surface area contributed by atoms with Crippen molar-refractivity contribution >= 4 is 35.8 Å². The van der Waals surface area contributed by atoms with Crippen molar-refractivity contribution in [2.24, 2.45) is 11.8 Å². The fourth-order valence-corrected chi connectivity index (χ4v) is 4.40. The molecule has 0 aliphatic carbocycles. The van der Waals surface area contributed by atoms with Crippen molar-refractivity contribution in [2.45, 2.75) is 12.5 Å². The summed E-state index contributed by atoms with van der Waals surface area (Å²) in [5.74, 6) is 0.922. The van der Waals surface area contributed by atoms with Crippen LogP contribution in [-0.2, 0) is 4.79 Å². The standard InChI is InChI=1S/C22H24ClN3O2.ClH/c23-19-9-5-4-8-18(19)22(28)25-20(15-6-2-1-3-7-15)10-21(27)26-13-16-11-24-12-17(16)14-26;/h1-9,16-17,20,24H,10-14H2,(H,25,28);1H/t16-,17+,20?;. The summed E-state index contributed by atoms with van der Waals surface area (Å²) in [6.07, 6.45) is 0.243. The molecule has 2 fully saturated rings. The van der Waals surface area contributed by atoms with E-state index < -0.39 is 6.04 Å². The van der Waals surface area contributed by atoms with Crippen molar-refractivity contribution < 1.29 is 9.59 Å². The summed E-state index contributed by atoms with van der Waals surface area (Å²) in [5, 5.41) is 6.81. The molecule has 0 saturated carbocycles. The predicted octanol–water partition coefficient (Wildman–Crippen LogP) is 3.30. The highest BCUT2D eigenvalue weighted by Gasteiger charge is 2.38. The maximum absolute atomic E-state index is 13.0. The van der Waals surface area contributed by atoms with E-state index in [1.54, 1.807) is 24.3 Å². The molecule has 0 radical (unpaired) electrons. The summed E-state index contributed by atoms with van der Waals surface area (Å²) in [4.78, 5) is 27.7. The molecule has 0 bridgehead atoms. The lowest BCUT2D eigenvalue weighted by molar-refractivity contribution is -0.131. The lowest BCUT2D eigenvalue weighted by Crippen LogP contribution is -2.36. The third kappa shape index (κ3) is 4.92. The van der Waals surface area contributed by atoms with E-state index in [1.807, 2.05) is 35.2 Å². The van der Waals surface area contributed by atoms with Crippen LogP contribution in [0.1, 0.15) is 28.4 Å². The first-order chi connectivity index (χ1) is 13.6. The summed E-state index contributed by atoms with van der Waals surface area (Å²) >= 11 is 6.17. The SMILES string of the molecule is Cl.O=C(NC(CC(=O)N1C[C@H]2CNC[C@H]2C1)c1ccccc1)c1ccccc1Cl. The number of carbonyl (C=O) groups excluding carboxylic acids is 2. The topological polar surface area (TPSA) is 61.4 Å². The van der Waals surface area contributed by atoms with Crippen LogP contribution in [0.15, 0.2) is 54.6 Å². The van der Waals surface area contributed by atoms with Crippen molar-refractivity contribution in [3.8, 4) is 0 Å². The predicted molar refractivity (Wildman–Crippen MR) is 116 cm³/mol. The van der Waals surface area contributed by atoms with E-state index in [2.05, 4.69) is 10.6 Å². The van der Waals surface area contributed by atoms with Gasteiger partial charge in [0.15, 0.2) is 0 Å². The van der Waals surface area contributed by atoms with Gasteiger partial charge in [-0.1, -0.05) is 54.1 Å². The number of nitrogens with one attached hydrogen (secondary N) is 2. The fourth-order valence-electron chi connectivity index (χ4n) is 4.18. The first kappa shape index (κ1) is 21.6. The van der Waals surface area contributed by atoms with Gasteiger partial charge in [0.25, 0.3) is 5.91 Å². The van der Waals surface area contributed by atoms with Gasteiger partial charge < -0.3 is 15.5 Å². The van der Waals surface area contributed by atoms with Crippen LogP contribution in [0, 0.1) is 11.8 Å². The molecule has 154 valence electrons. The molecule has 2 aromatic rings. The number of hydrogen-bond acceptors (Lipinski definition) is 3. The van der Waals surface area contributed by atoms with Crippen molar-refractivity contribution in [2.75, 3.05) is 26.2 Å². The molecule has 2 heterocycles. The van der Waals surface area contributed by atoms with Crippen LogP contribution in [0.2, 0.25) is 5.02 Å². The number of halogens is 2. The van der Waals surface area contributed by atoms with Crippen LogP contribution >= 0.6 is 24.0 Å². The minimum absolute atomic E-state index is 0. The van der Waals surface area contributed by atoms with E-state index in [4.69, 9.17) is 11.6 Å². The summed E-state index contributed by atoms with van der Waals surface area (Å²) < 4.78 is 0. The lowest BCUT2D eigenvalue weighted by Gasteiger charge is -2.23. The van der Waals surface area contributed by atoms with Gasteiger partial charge in [0, 0.05) is 26.2 Å². The molecule has 7 heteroatoms. The second-order valence-corrected chi connectivity index (χ2v) is 8.01. The molecule has 2 aliphatic rings. The largest absolute Gasteiger partial charge is 0.345 e. The number of hydrogen-bond donors (Lipinski definition) is 2. The highest BCUT2D eigenvalue weighted by Crippen LogP contribution is 2.28. The Morgan fingerprint density at radius 3 is 2.31 bits per heavy atom. The zero-order valence-electron chi connectivity index (χ0n) is 16.0. The number of likely N-dealkylation sites (tertiary alicyclic amines) is 1. The van der Waals surface area contributed by atoms with E-state index in [-0.39, 0.29) is 30.6 Å². The number of carbonyl (C=O) groups is 2. The third-order valence-corrected chi connectivity index (χ3v) is 6.08. The minimum Gasteiger partial charge on any atom is -0.345 e. The van der Waals surface area contributed by atoms with E-state index in [9.17, 15) is 9.59 Å².